The second-order valence-corrected chi connectivity index (χ2v) is 2.74. The van der Waals surface area contributed by atoms with Crippen LogP contribution < -0.4 is 5.32 Å². The van der Waals surface area contributed by atoms with Crippen molar-refractivity contribution in [2.75, 3.05) is 6.54 Å². The molecule has 1 nitrogen and oxygen atoms in total. The van der Waals surface area contributed by atoms with Gasteiger partial charge in [0.15, 0.2) is 0 Å². The minimum absolute atomic E-state index is 0.282. The lowest BCUT2D eigenvalue weighted by molar-refractivity contribution is 0.604. The molecule has 1 aromatic carbocycles. The Morgan fingerprint density at radius 1 is 1.42 bits per heavy atom. The highest BCUT2D eigenvalue weighted by Gasteiger charge is 2.02. The molecule has 0 aliphatic heterocycles. The molecule has 0 unspecified atom stereocenters. The van der Waals surface area contributed by atoms with Gasteiger partial charge in [0.05, 0.1) is 0 Å². The zero-order valence-electron chi connectivity index (χ0n) is 7.40. The van der Waals surface area contributed by atoms with Crippen LogP contribution in [0.5, 0.6) is 0 Å². The van der Waals surface area contributed by atoms with E-state index in [0.29, 0.717) is 0 Å². The average molecular weight is 160 g/mol. The summed E-state index contributed by atoms with van der Waals surface area (Å²) in [6, 6.07) is 10.6. The normalized spacial score (nSPS) is 12.4. The number of hydrogen-bond donors (Lipinski definition) is 0. The Labute approximate surface area is 74.1 Å². The van der Waals surface area contributed by atoms with E-state index in [0.717, 1.165) is 6.54 Å². The molecule has 0 heterocycles. The van der Waals surface area contributed by atoms with Gasteiger partial charge in [-0.05, 0) is 12.5 Å². The molecule has 0 spiro atoms. The first-order valence-electron chi connectivity index (χ1n) is 4.17. The van der Waals surface area contributed by atoms with Gasteiger partial charge in [-0.2, -0.15) is 0 Å². The molecule has 1 atom stereocenters. The highest BCUT2D eigenvalue weighted by molar-refractivity contribution is 5.17. The van der Waals surface area contributed by atoms with E-state index in [-0.39, 0.29) is 6.04 Å². The molecule has 0 aromatic heterocycles. The van der Waals surface area contributed by atoms with Gasteiger partial charge in [0.1, 0.15) is 0 Å². The molecular formula is C11H14N. The van der Waals surface area contributed by atoms with Crippen molar-refractivity contribution < 1.29 is 0 Å². The van der Waals surface area contributed by atoms with Crippen LogP contribution in [0.4, 0.5) is 0 Å². The molecule has 0 aliphatic carbocycles. The predicted molar refractivity (Wildman–Crippen MR) is 52.1 cm³/mol. The van der Waals surface area contributed by atoms with Gasteiger partial charge >= 0.3 is 0 Å². The quantitative estimate of drug-likeness (QED) is 0.601. The van der Waals surface area contributed by atoms with E-state index in [2.05, 4.69) is 31.0 Å². The third-order valence-electron chi connectivity index (χ3n) is 1.79. The molecule has 0 amide bonds. The summed E-state index contributed by atoms with van der Waals surface area (Å²) >= 11 is 0. The van der Waals surface area contributed by atoms with Crippen molar-refractivity contribution in [1.82, 2.24) is 5.32 Å². The van der Waals surface area contributed by atoms with Gasteiger partial charge in [0, 0.05) is 12.6 Å². The minimum atomic E-state index is 0.282. The average Bonchev–Trinajstić information content (AvgIpc) is 2.15. The van der Waals surface area contributed by atoms with E-state index >= 15 is 0 Å². The molecule has 1 radical (unpaired) electrons. The molecule has 0 aliphatic rings. The molecular weight excluding hydrogens is 146 g/mol. The van der Waals surface area contributed by atoms with E-state index in [4.69, 9.17) is 0 Å². The van der Waals surface area contributed by atoms with Crippen LogP contribution in [-0.2, 0) is 0 Å². The van der Waals surface area contributed by atoms with Crippen LogP contribution in [-0.4, -0.2) is 6.54 Å². The van der Waals surface area contributed by atoms with Gasteiger partial charge in [-0.1, -0.05) is 36.4 Å². The molecule has 12 heavy (non-hydrogen) atoms. The summed E-state index contributed by atoms with van der Waals surface area (Å²) in [7, 11) is 0. The number of hydrogen-bond acceptors (Lipinski definition) is 0. The molecule has 1 aromatic rings. The topological polar surface area (TPSA) is 14.1 Å². The summed E-state index contributed by atoms with van der Waals surface area (Å²) < 4.78 is 0. The van der Waals surface area contributed by atoms with Crippen LogP contribution in [0.2, 0.25) is 0 Å². The summed E-state index contributed by atoms with van der Waals surface area (Å²) in [6.07, 6.45) is 1.82. The predicted octanol–water partition coefficient (Wildman–Crippen LogP) is 2.54. The lowest BCUT2D eigenvalue weighted by Crippen LogP contribution is -2.10. The van der Waals surface area contributed by atoms with E-state index in [9.17, 15) is 0 Å². The summed E-state index contributed by atoms with van der Waals surface area (Å²) in [4.78, 5) is 0. The Balaban J connectivity index is 2.53. The van der Waals surface area contributed by atoms with Crippen molar-refractivity contribution in [3.05, 3.63) is 48.6 Å². The lowest BCUT2D eigenvalue weighted by Gasteiger charge is -2.09. The monoisotopic (exact) mass is 160 g/mol. The largest absolute Gasteiger partial charge is 0.230 e. The van der Waals surface area contributed by atoms with Crippen LogP contribution in [0.3, 0.4) is 0 Å². The zero-order valence-corrected chi connectivity index (χ0v) is 7.40. The second-order valence-electron chi connectivity index (χ2n) is 2.74. The maximum atomic E-state index is 4.39. The van der Waals surface area contributed by atoms with Gasteiger partial charge < -0.3 is 0 Å². The van der Waals surface area contributed by atoms with E-state index in [1.54, 1.807) is 0 Å². The van der Waals surface area contributed by atoms with Crippen LogP contribution in [0.25, 0.3) is 0 Å². The third-order valence-corrected chi connectivity index (χ3v) is 1.79. The van der Waals surface area contributed by atoms with Gasteiger partial charge in [-0.25, -0.2) is 5.32 Å². The van der Waals surface area contributed by atoms with Crippen molar-refractivity contribution in [2.24, 2.45) is 0 Å². The van der Waals surface area contributed by atoms with Crippen molar-refractivity contribution >= 4 is 0 Å². The molecule has 0 N–H and O–H groups in total. The standard InChI is InChI=1S/C11H14N/c1-3-9-12-10(2)11-7-5-4-6-8-11/h3-8,10H,1,9H2,2H3/t10-/m1/s1. The number of benzene rings is 1. The minimum Gasteiger partial charge on any atom is -0.230 e. The summed E-state index contributed by atoms with van der Waals surface area (Å²) in [5.41, 5.74) is 1.26. The Kier molecular flexibility index (Phi) is 3.55. The fraction of sp³-hybridized carbons (Fsp3) is 0.273. The number of nitrogens with zero attached hydrogens (tertiary/aromatic N) is 1. The van der Waals surface area contributed by atoms with E-state index in [1.165, 1.54) is 5.56 Å². The fourth-order valence-corrected chi connectivity index (χ4v) is 1.07. The second kappa shape index (κ2) is 4.73. The van der Waals surface area contributed by atoms with Crippen LogP contribution in [0.15, 0.2) is 43.0 Å². The summed E-state index contributed by atoms with van der Waals surface area (Å²) in [5.74, 6) is 0. The molecule has 0 saturated carbocycles. The first kappa shape index (κ1) is 9.01. The Hall–Kier alpha value is -1.08. The van der Waals surface area contributed by atoms with Crippen molar-refractivity contribution in [3.8, 4) is 0 Å². The smallest absolute Gasteiger partial charge is 0.0470 e. The molecule has 0 fully saturated rings. The van der Waals surface area contributed by atoms with Crippen molar-refractivity contribution in [2.45, 2.75) is 13.0 Å². The van der Waals surface area contributed by atoms with Gasteiger partial charge in [-0.15, -0.1) is 6.58 Å². The Morgan fingerprint density at radius 3 is 2.67 bits per heavy atom. The molecule has 0 saturated heterocycles. The van der Waals surface area contributed by atoms with Crippen LogP contribution in [0.1, 0.15) is 18.5 Å². The van der Waals surface area contributed by atoms with Crippen molar-refractivity contribution in [1.29, 1.82) is 0 Å². The Bertz CT molecular complexity index is 228. The van der Waals surface area contributed by atoms with Crippen LogP contribution in [0, 0.1) is 0 Å². The number of rotatable bonds is 4. The van der Waals surface area contributed by atoms with Gasteiger partial charge in [-0.3, -0.25) is 0 Å². The molecule has 1 rings (SSSR count). The summed E-state index contributed by atoms with van der Waals surface area (Å²) in [5, 5.41) is 4.39. The first-order valence-corrected chi connectivity index (χ1v) is 4.17. The maximum absolute atomic E-state index is 4.39. The SMILES string of the molecule is C=CC[N][C@H](C)c1ccccc1. The zero-order chi connectivity index (χ0) is 8.81. The van der Waals surface area contributed by atoms with Gasteiger partial charge in [0.25, 0.3) is 0 Å². The maximum Gasteiger partial charge on any atom is 0.0470 e. The first-order chi connectivity index (χ1) is 5.84. The van der Waals surface area contributed by atoms with E-state index in [1.807, 2.05) is 24.3 Å². The molecule has 1 heteroatoms. The van der Waals surface area contributed by atoms with E-state index < -0.39 is 0 Å². The highest BCUT2D eigenvalue weighted by Crippen LogP contribution is 2.11. The highest BCUT2D eigenvalue weighted by atomic mass is 14.9. The van der Waals surface area contributed by atoms with Crippen LogP contribution >= 0.6 is 0 Å². The summed E-state index contributed by atoms with van der Waals surface area (Å²) in [6.45, 7) is 6.46. The molecule has 63 valence electrons. The third kappa shape index (κ3) is 2.51. The van der Waals surface area contributed by atoms with Crippen molar-refractivity contribution in [3.63, 3.8) is 0 Å². The van der Waals surface area contributed by atoms with Gasteiger partial charge in [0.2, 0.25) is 0 Å². The Morgan fingerprint density at radius 2 is 2.08 bits per heavy atom. The lowest BCUT2D eigenvalue weighted by atomic mass is 10.1. The molecule has 0 bridgehead atoms. The fourth-order valence-electron chi connectivity index (χ4n) is 1.07.